The lowest BCUT2D eigenvalue weighted by molar-refractivity contribution is 0.0263. The van der Waals surface area contributed by atoms with Crippen LogP contribution < -0.4 is 5.32 Å². The molecule has 1 aliphatic rings. The maximum atomic E-state index is 5.75. The van der Waals surface area contributed by atoms with Crippen molar-refractivity contribution in [3.63, 3.8) is 0 Å². The van der Waals surface area contributed by atoms with Gasteiger partial charge in [0.2, 0.25) is 0 Å². The summed E-state index contributed by atoms with van der Waals surface area (Å²) >= 11 is 0. The van der Waals surface area contributed by atoms with Gasteiger partial charge in [-0.1, -0.05) is 6.07 Å². The number of aryl methyl sites for hydroxylation is 1. The van der Waals surface area contributed by atoms with Crippen molar-refractivity contribution in [2.45, 2.75) is 46.3 Å². The Hall–Kier alpha value is -1.35. The third-order valence-corrected chi connectivity index (χ3v) is 4.62. The number of ether oxygens (including phenoxy) is 1. The number of aliphatic imine (C=N–C) groups is 1. The van der Waals surface area contributed by atoms with Gasteiger partial charge < -0.3 is 19.4 Å². The average molecular weight is 471 g/mol. The molecule has 3 rings (SSSR count). The number of likely N-dealkylation sites (tertiary alicyclic amines) is 1. The smallest absolute Gasteiger partial charge is 0.194 e. The van der Waals surface area contributed by atoms with Crippen molar-refractivity contribution in [2.75, 3.05) is 26.2 Å². The van der Waals surface area contributed by atoms with Crippen molar-refractivity contribution in [3.8, 4) is 0 Å². The lowest BCUT2D eigenvalue weighted by atomic mass is 10.1. The van der Waals surface area contributed by atoms with E-state index in [1.807, 2.05) is 12.1 Å². The first-order valence-corrected chi connectivity index (χ1v) is 9.29. The van der Waals surface area contributed by atoms with Crippen LogP contribution in [0.1, 0.15) is 38.1 Å². The maximum absolute atomic E-state index is 5.75. The van der Waals surface area contributed by atoms with Gasteiger partial charge in [0.05, 0.1) is 18.3 Å². The SMILES string of the molecule is CCNC(=NCc1cn2c(C)cccc2n1)N1CCC(OCC)CC1.I. The summed E-state index contributed by atoms with van der Waals surface area (Å²) in [4.78, 5) is 11.8. The first kappa shape index (κ1) is 21.0. The molecule has 1 aliphatic heterocycles. The van der Waals surface area contributed by atoms with E-state index in [9.17, 15) is 0 Å². The Bertz CT molecular complexity index is 722. The van der Waals surface area contributed by atoms with Crippen LogP contribution in [0.4, 0.5) is 0 Å². The molecule has 1 N–H and O–H groups in total. The molecule has 0 atom stereocenters. The minimum atomic E-state index is 0. The number of hydrogen-bond donors (Lipinski definition) is 1. The fraction of sp³-hybridized carbons (Fsp3) is 0.579. The molecule has 144 valence electrons. The van der Waals surface area contributed by atoms with Gasteiger partial charge in [-0.05, 0) is 45.7 Å². The molecule has 26 heavy (non-hydrogen) atoms. The number of nitrogens with one attached hydrogen (secondary N) is 1. The molecule has 6 nitrogen and oxygen atoms in total. The number of piperidine rings is 1. The molecule has 7 heteroatoms. The van der Waals surface area contributed by atoms with Crippen LogP contribution in [-0.2, 0) is 11.3 Å². The number of aromatic nitrogens is 2. The van der Waals surface area contributed by atoms with Crippen LogP contribution in [0.2, 0.25) is 0 Å². The third-order valence-electron chi connectivity index (χ3n) is 4.62. The van der Waals surface area contributed by atoms with Crippen molar-refractivity contribution < 1.29 is 4.74 Å². The van der Waals surface area contributed by atoms with Crippen molar-refractivity contribution >= 4 is 35.6 Å². The van der Waals surface area contributed by atoms with Gasteiger partial charge in [0, 0.05) is 38.1 Å². The van der Waals surface area contributed by atoms with E-state index in [1.165, 1.54) is 5.69 Å². The summed E-state index contributed by atoms with van der Waals surface area (Å²) in [5.74, 6) is 0.978. The average Bonchev–Trinajstić information content (AvgIpc) is 3.04. The molecule has 2 aromatic heterocycles. The lowest BCUT2D eigenvalue weighted by Crippen LogP contribution is -2.47. The third kappa shape index (κ3) is 5.09. The quantitative estimate of drug-likeness (QED) is 0.414. The highest BCUT2D eigenvalue weighted by atomic mass is 127. The Balaban J connectivity index is 0.00000243. The second-order valence-electron chi connectivity index (χ2n) is 6.44. The normalized spacial score (nSPS) is 16.0. The Morgan fingerprint density at radius 3 is 2.73 bits per heavy atom. The standard InChI is InChI=1S/C19H29N5O.HI/c1-4-20-19(23-11-9-17(10-12-23)25-5-2)21-13-16-14-24-15(3)7-6-8-18(24)22-16;/h6-8,14,17H,4-5,9-13H2,1-3H3,(H,20,21);1H. The van der Waals surface area contributed by atoms with Gasteiger partial charge in [0.15, 0.2) is 5.96 Å². The molecule has 0 spiro atoms. The fourth-order valence-corrected chi connectivity index (χ4v) is 3.33. The largest absolute Gasteiger partial charge is 0.378 e. The number of hydrogen-bond acceptors (Lipinski definition) is 3. The van der Waals surface area contributed by atoms with Crippen LogP contribution in [0.5, 0.6) is 0 Å². The van der Waals surface area contributed by atoms with E-state index < -0.39 is 0 Å². The van der Waals surface area contributed by atoms with E-state index in [1.54, 1.807) is 0 Å². The number of fused-ring (bicyclic) bond motifs is 1. The van der Waals surface area contributed by atoms with Crippen LogP contribution in [0.15, 0.2) is 29.4 Å². The van der Waals surface area contributed by atoms with Gasteiger partial charge in [-0.3, -0.25) is 0 Å². The Morgan fingerprint density at radius 2 is 2.08 bits per heavy atom. The summed E-state index contributed by atoms with van der Waals surface area (Å²) < 4.78 is 7.86. The summed E-state index contributed by atoms with van der Waals surface area (Å²) in [6, 6.07) is 6.16. The zero-order valence-electron chi connectivity index (χ0n) is 15.9. The molecule has 2 aromatic rings. The summed E-state index contributed by atoms with van der Waals surface area (Å²) in [6.45, 7) is 10.5. The second kappa shape index (κ2) is 10.1. The second-order valence-corrected chi connectivity index (χ2v) is 6.44. The summed E-state index contributed by atoms with van der Waals surface area (Å²) in [7, 11) is 0. The van der Waals surface area contributed by atoms with Gasteiger partial charge in [0.25, 0.3) is 0 Å². The molecular formula is C19H30IN5O. The van der Waals surface area contributed by atoms with E-state index in [4.69, 9.17) is 9.73 Å². The monoisotopic (exact) mass is 471 g/mol. The van der Waals surface area contributed by atoms with Gasteiger partial charge in [-0.2, -0.15) is 0 Å². The van der Waals surface area contributed by atoms with E-state index >= 15 is 0 Å². The van der Waals surface area contributed by atoms with E-state index in [-0.39, 0.29) is 24.0 Å². The van der Waals surface area contributed by atoms with Crippen LogP contribution in [0, 0.1) is 6.92 Å². The van der Waals surface area contributed by atoms with Crippen molar-refractivity contribution in [1.82, 2.24) is 19.6 Å². The zero-order chi connectivity index (χ0) is 17.6. The van der Waals surface area contributed by atoms with Crippen LogP contribution >= 0.6 is 24.0 Å². The fourth-order valence-electron chi connectivity index (χ4n) is 3.33. The number of halogens is 1. The van der Waals surface area contributed by atoms with Crippen LogP contribution in [-0.4, -0.2) is 52.6 Å². The molecule has 1 fully saturated rings. The van der Waals surface area contributed by atoms with Crippen LogP contribution in [0.25, 0.3) is 5.65 Å². The number of imidazole rings is 1. The predicted octanol–water partition coefficient (Wildman–Crippen LogP) is 3.23. The first-order valence-electron chi connectivity index (χ1n) is 9.29. The molecule has 0 bridgehead atoms. The highest BCUT2D eigenvalue weighted by Crippen LogP contribution is 2.14. The van der Waals surface area contributed by atoms with Crippen molar-refractivity contribution in [2.24, 2.45) is 4.99 Å². The van der Waals surface area contributed by atoms with Gasteiger partial charge in [-0.15, -0.1) is 24.0 Å². The van der Waals surface area contributed by atoms with Crippen molar-refractivity contribution in [3.05, 3.63) is 35.8 Å². The molecule has 1 saturated heterocycles. The predicted molar refractivity (Wildman–Crippen MR) is 116 cm³/mol. The number of guanidine groups is 1. The van der Waals surface area contributed by atoms with E-state index in [0.717, 1.165) is 56.4 Å². The number of rotatable bonds is 5. The van der Waals surface area contributed by atoms with Gasteiger partial charge in [0.1, 0.15) is 5.65 Å². The Kier molecular flexibility index (Phi) is 8.15. The first-order chi connectivity index (χ1) is 12.2. The maximum Gasteiger partial charge on any atom is 0.194 e. The van der Waals surface area contributed by atoms with Crippen LogP contribution in [0.3, 0.4) is 0 Å². The molecular weight excluding hydrogens is 441 g/mol. The highest BCUT2D eigenvalue weighted by Gasteiger charge is 2.21. The van der Waals surface area contributed by atoms with Gasteiger partial charge in [-0.25, -0.2) is 9.98 Å². The van der Waals surface area contributed by atoms with E-state index in [2.05, 4.69) is 52.6 Å². The zero-order valence-corrected chi connectivity index (χ0v) is 18.3. The number of nitrogens with zero attached hydrogens (tertiary/aromatic N) is 4. The molecule has 0 aliphatic carbocycles. The summed E-state index contributed by atoms with van der Waals surface area (Å²) in [5.41, 5.74) is 3.16. The van der Waals surface area contributed by atoms with Gasteiger partial charge >= 0.3 is 0 Å². The highest BCUT2D eigenvalue weighted by molar-refractivity contribution is 14.0. The topological polar surface area (TPSA) is 54.2 Å². The molecule has 3 heterocycles. The summed E-state index contributed by atoms with van der Waals surface area (Å²) in [5, 5.41) is 3.42. The Morgan fingerprint density at radius 1 is 1.31 bits per heavy atom. The molecule has 0 radical (unpaired) electrons. The minimum absolute atomic E-state index is 0. The minimum Gasteiger partial charge on any atom is -0.378 e. The summed E-state index contributed by atoms with van der Waals surface area (Å²) in [6.07, 6.45) is 4.60. The molecule has 0 amide bonds. The van der Waals surface area contributed by atoms with Crippen molar-refractivity contribution in [1.29, 1.82) is 0 Å². The molecule has 0 unspecified atom stereocenters. The van der Waals surface area contributed by atoms with E-state index in [0.29, 0.717) is 12.6 Å². The molecule has 0 aromatic carbocycles. The molecule has 0 saturated carbocycles. The Labute approximate surface area is 173 Å². The lowest BCUT2D eigenvalue weighted by Gasteiger charge is -2.34. The number of pyridine rings is 1.